The Labute approximate surface area is 110 Å². The Morgan fingerprint density at radius 2 is 1.82 bits per heavy atom. The van der Waals surface area contributed by atoms with Gasteiger partial charge in [-0.15, -0.1) is 11.3 Å². The normalized spacial score (nSPS) is 18.9. The second kappa shape index (κ2) is 7.17. The minimum atomic E-state index is 0.927. The second-order valence-corrected chi connectivity index (χ2v) is 6.73. The first-order chi connectivity index (χ1) is 8.34. The van der Waals surface area contributed by atoms with E-state index in [0.717, 1.165) is 12.5 Å². The lowest BCUT2D eigenvalue weighted by atomic mass is 9.91. The summed E-state index contributed by atoms with van der Waals surface area (Å²) in [6.45, 7) is 4.47. The van der Waals surface area contributed by atoms with Crippen molar-refractivity contribution >= 4 is 11.3 Å². The van der Waals surface area contributed by atoms with Gasteiger partial charge in [0.05, 0.1) is 0 Å². The summed E-state index contributed by atoms with van der Waals surface area (Å²) in [5.74, 6) is 0.927. The van der Waals surface area contributed by atoms with Gasteiger partial charge in [0.25, 0.3) is 0 Å². The molecule has 0 radical (unpaired) electrons. The molecule has 1 saturated carbocycles. The van der Waals surface area contributed by atoms with Crippen LogP contribution in [-0.4, -0.2) is 6.54 Å². The fourth-order valence-electron chi connectivity index (χ4n) is 2.72. The lowest BCUT2D eigenvalue weighted by Gasteiger charge is -2.19. The fraction of sp³-hybridized carbons (Fsp3) is 0.733. The third-order valence-corrected chi connectivity index (χ3v) is 4.75. The minimum absolute atomic E-state index is 0.927. The zero-order valence-corrected chi connectivity index (χ0v) is 11.8. The molecule has 1 aliphatic rings. The zero-order valence-electron chi connectivity index (χ0n) is 11.0. The molecule has 1 fully saturated rings. The van der Waals surface area contributed by atoms with Gasteiger partial charge in [-0.1, -0.05) is 32.1 Å². The first-order valence-electron chi connectivity index (χ1n) is 7.10. The van der Waals surface area contributed by atoms with Gasteiger partial charge in [-0.3, -0.25) is 0 Å². The van der Waals surface area contributed by atoms with Gasteiger partial charge in [-0.25, -0.2) is 0 Å². The monoisotopic (exact) mass is 251 g/mol. The Balaban J connectivity index is 1.66. The Hall–Kier alpha value is -0.340. The van der Waals surface area contributed by atoms with Crippen LogP contribution in [0.1, 0.15) is 54.7 Å². The van der Waals surface area contributed by atoms with Crippen molar-refractivity contribution in [3.63, 3.8) is 0 Å². The van der Waals surface area contributed by atoms with E-state index < -0.39 is 0 Å². The van der Waals surface area contributed by atoms with E-state index in [1.165, 1.54) is 61.2 Å². The van der Waals surface area contributed by atoms with Crippen molar-refractivity contribution in [2.75, 3.05) is 6.54 Å². The molecule has 1 N–H and O–H groups in total. The van der Waals surface area contributed by atoms with E-state index in [4.69, 9.17) is 0 Å². The molecule has 0 aliphatic heterocycles. The molecule has 1 heterocycles. The number of rotatable bonds is 4. The Bertz CT molecular complexity index is 310. The molecule has 0 unspecified atom stereocenters. The van der Waals surface area contributed by atoms with Crippen molar-refractivity contribution in [2.24, 2.45) is 5.92 Å². The fourth-order valence-corrected chi connectivity index (χ4v) is 3.58. The van der Waals surface area contributed by atoms with Crippen LogP contribution in [0, 0.1) is 12.8 Å². The third-order valence-electron chi connectivity index (χ3n) is 3.75. The van der Waals surface area contributed by atoms with Crippen LogP contribution in [0.3, 0.4) is 0 Å². The molecule has 0 amide bonds. The maximum Gasteiger partial charge on any atom is 0.0299 e. The van der Waals surface area contributed by atoms with Gasteiger partial charge in [-0.2, -0.15) is 0 Å². The van der Waals surface area contributed by atoms with Crippen molar-refractivity contribution in [1.29, 1.82) is 0 Å². The van der Waals surface area contributed by atoms with Gasteiger partial charge in [0.1, 0.15) is 0 Å². The van der Waals surface area contributed by atoms with Gasteiger partial charge in [-0.05, 0) is 44.4 Å². The summed E-state index contributed by atoms with van der Waals surface area (Å²) >= 11 is 1.92. The van der Waals surface area contributed by atoms with E-state index in [1.807, 2.05) is 11.3 Å². The van der Waals surface area contributed by atoms with Crippen LogP contribution in [0.4, 0.5) is 0 Å². The van der Waals surface area contributed by atoms with Crippen molar-refractivity contribution < 1.29 is 0 Å². The van der Waals surface area contributed by atoms with Gasteiger partial charge in [0.2, 0.25) is 0 Å². The highest BCUT2D eigenvalue weighted by Crippen LogP contribution is 2.22. The second-order valence-electron chi connectivity index (χ2n) is 5.35. The van der Waals surface area contributed by atoms with Crippen molar-refractivity contribution in [3.05, 3.63) is 21.9 Å². The molecule has 1 aliphatic carbocycles. The van der Waals surface area contributed by atoms with E-state index in [1.54, 1.807) is 0 Å². The van der Waals surface area contributed by atoms with Crippen LogP contribution >= 0.6 is 11.3 Å². The summed E-state index contributed by atoms with van der Waals surface area (Å²) in [5.41, 5.74) is 0. The number of nitrogens with one attached hydrogen (secondary N) is 1. The molecular formula is C15H25NS. The largest absolute Gasteiger partial charge is 0.312 e. The van der Waals surface area contributed by atoms with Gasteiger partial charge in [0.15, 0.2) is 0 Å². The molecule has 1 aromatic heterocycles. The summed E-state index contributed by atoms with van der Waals surface area (Å²) in [7, 11) is 0. The predicted octanol–water partition coefficient (Wildman–Crippen LogP) is 4.51. The number of aryl methyl sites for hydroxylation is 1. The summed E-state index contributed by atoms with van der Waals surface area (Å²) in [6, 6.07) is 4.47. The van der Waals surface area contributed by atoms with Crippen LogP contribution in [0.25, 0.3) is 0 Å². The van der Waals surface area contributed by atoms with Crippen molar-refractivity contribution in [1.82, 2.24) is 5.32 Å². The molecule has 1 nitrogen and oxygen atoms in total. The first kappa shape index (κ1) is 13.1. The van der Waals surface area contributed by atoms with Crippen LogP contribution in [0.5, 0.6) is 0 Å². The summed E-state index contributed by atoms with van der Waals surface area (Å²) in [4.78, 5) is 2.90. The lowest BCUT2D eigenvalue weighted by Crippen LogP contribution is -2.22. The summed E-state index contributed by atoms with van der Waals surface area (Å²) < 4.78 is 0. The molecule has 17 heavy (non-hydrogen) atoms. The Morgan fingerprint density at radius 1 is 1.12 bits per heavy atom. The van der Waals surface area contributed by atoms with E-state index in [0.29, 0.717) is 0 Å². The predicted molar refractivity (Wildman–Crippen MR) is 76.6 cm³/mol. The highest BCUT2D eigenvalue weighted by molar-refractivity contribution is 7.11. The summed E-state index contributed by atoms with van der Waals surface area (Å²) in [5, 5.41) is 3.64. The highest BCUT2D eigenvalue weighted by Gasteiger charge is 2.10. The smallest absolute Gasteiger partial charge is 0.0299 e. The van der Waals surface area contributed by atoms with E-state index in [2.05, 4.69) is 24.4 Å². The first-order valence-corrected chi connectivity index (χ1v) is 7.92. The van der Waals surface area contributed by atoms with E-state index in [9.17, 15) is 0 Å². The number of hydrogen-bond donors (Lipinski definition) is 1. The highest BCUT2D eigenvalue weighted by atomic mass is 32.1. The number of thiophene rings is 1. The molecule has 2 heteroatoms. The molecular weight excluding hydrogens is 226 g/mol. The van der Waals surface area contributed by atoms with Crippen molar-refractivity contribution in [2.45, 2.75) is 58.4 Å². The van der Waals surface area contributed by atoms with Gasteiger partial charge in [0, 0.05) is 16.3 Å². The quantitative estimate of drug-likeness (QED) is 0.830. The van der Waals surface area contributed by atoms with E-state index in [-0.39, 0.29) is 0 Å². The average molecular weight is 251 g/mol. The lowest BCUT2D eigenvalue weighted by molar-refractivity contribution is 0.361. The number of hydrogen-bond acceptors (Lipinski definition) is 2. The van der Waals surface area contributed by atoms with Gasteiger partial charge < -0.3 is 5.32 Å². The minimum Gasteiger partial charge on any atom is -0.312 e. The standard InChI is InChI=1S/C15H25NS/c1-13-9-10-15(17-13)12-16-11-14-7-5-3-2-4-6-8-14/h9-10,14,16H,2-8,11-12H2,1H3. The molecule has 0 bridgehead atoms. The van der Waals surface area contributed by atoms with Crippen LogP contribution in [-0.2, 0) is 6.54 Å². The Kier molecular flexibility index (Phi) is 5.53. The SMILES string of the molecule is Cc1ccc(CNCC2CCCCCCC2)s1. The molecule has 0 spiro atoms. The maximum atomic E-state index is 3.64. The molecule has 0 atom stereocenters. The third kappa shape index (κ3) is 4.81. The Morgan fingerprint density at radius 3 is 2.47 bits per heavy atom. The van der Waals surface area contributed by atoms with Gasteiger partial charge >= 0.3 is 0 Å². The molecule has 0 aromatic carbocycles. The molecule has 96 valence electrons. The van der Waals surface area contributed by atoms with Crippen LogP contribution in [0.2, 0.25) is 0 Å². The summed E-state index contributed by atoms with van der Waals surface area (Å²) in [6.07, 6.45) is 10.2. The van der Waals surface area contributed by atoms with E-state index >= 15 is 0 Å². The molecule has 0 saturated heterocycles. The maximum absolute atomic E-state index is 3.64. The van der Waals surface area contributed by atoms with Crippen LogP contribution in [0.15, 0.2) is 12.1 Å². The topological polar surface area (TPSA) is 12.0 Å². The van der Waals surface area contributed by atoms with Crippen molar-refractivity contribution in [3.8, 4) is 0 Å². The molecule has 2 rings (SSSR count). The molecule has 1 aromatic rings. The van der Waals surface area contributed by atoms with Crippen LogP contribution < -0.4 is 5.32 Å². The zero-order chi connectivity index (χ0) is 11.9. The average Bonchev–Trinajstić information content (AvgIpc) is 2.67.